The summed E-state index contributed by atoms with van der Waals surface area (Å²) in [6.45, 7) is 3.94. The highest BCUT2D eigenvalue weighted by atomic mass is 16.1. The first kappa shape index (κ1) is 9.78. The number of benzene rings is 1. The Hall–Kier alpha value is -1.31. The molecule has 2 nitrogen and oxygen atoms in total. The van der Waals surface area contributed by atoms with E-state index in [4.69, 9.17) is 5.73 Å². The minimum absolute atomic E-state index is 0.0570. The Morgan fingerprint density at radius 2 is 2.23 bits per heavy atom. The molecule has 0 spiro atoms. The highest BCUT2D eigenvalue weighted by Crippen LogP contribution is 2.23. The summed E-state index contributed by atoms with van der Waals surface area (Å²) >= 11 is 0. The molecule has 0 heterocycles. The number of nitrogens with two attached hydrogens (primary N) is 1. The number of hydrogen-bond donors (Lipinski definition) is 1. The molecule has 0 aliphatic heterocycles. The fourth-order valence-electron chi connectivity index (χ4n) is 1.53. The molecule has 2 heteroatoms. The van der Waals surface area contributed by atoms with Gasteiger partial charge in [-0.15, -0.1) is 0 Å². The van der Waals surface area contributed by atoms with Crippen molar-refractivity contribution in [3.8, 4) is 0 Å². The van der Waals surface area contributed by atoms with Gasteiger partial charge >= 0.3 is 0 Å². The smallest absolute Gasteiger partial charge is 0.127 e. The van der Waals surface area contributed by atoms with Gasteiger partial charge in [0.1, 0.15) is 6.29 Å². The second-order valence-corrected chi connectivity index (χ2v) is 3.19. The number of nitrogen functional groups attached to an aromatic ring is 1. The Bertz CT molecular complexity index is 307. The highest BCUT2D eigenvalue weighted by Gasteiger charge is 2.09. The Morgan fingerprint density at radius 1 is 1.54 bits per heavy atom. The van der Waals surface area contributed by atoms with Gasteiger partial charge in [-0.05, 0) is 23.6 Å². The highest BCUT2D eigenvalue weighted by molar-refractivity contribution is 5.65. The van der Waals surface area contributed by atoms with Crippen LogP contribution in [-0.2, 0) is 11.2 Å². The van der Waals surface area contributed by atoms with Gasteiger partial charge in [0.05, 0.1) is 0 Å². The number of rotatable bonds is 3. The van der Waals surface area contributed by atoms with Crippen molar-refractivity contribution in [1.29, 1.82) is 0 Å². The lowest BCUT2D eigenvalue weighted by molar-refractivity contribution is -0.108. The van der Waals surface area contributed by atoms with Crippen LogP contribution in [0.4, 0.5) is 5.69 Å². The monoisotopic (exact) mass is 177 g/mol. The SMILES string of the molecule is CCc1c(N)cccc1C(C)C=O. The van der Waals surface area contributed by atoms with Crippen LogP contribution in [0.25, 0.3) is 0 Å². The van der Waals surface area contributed by atoms with Gasteiger partial charge in [-0.1, -0.05) is 26.0 Å². The second kappa shape index (κ2) is 4.08. The molecule has 2 N–H and O–H groups in total. The van der Waals surface area contributed by atoms with Crippen LogP contribution in [0, 0.1) is 0 Å². The Kier molecular flexibility index (Phi) is 3.07. The molecule has 70 valence electrons. The van der Waals surface area contributed by atoms with Crippen LogP contribution in [0.2, 0.25) is 0 Å². The molecule has 0 fully saturated rings. The number of carbonyl (C=O) groups is 1. The minimum atomic E-state index is -0.0570. The summed E-state index contributed by atoms with van der Waals surface area (Å²) in [4.78, 5) is 10.6. The first-order chi connectivity index (χ1) is 6.20. The molecule has 0 aromatic heterocycles. The number of aldehydes is 1. The fraction of sp³-hybridized carbons (Fsp3) is 0.364. The summed E-state index contributed by atoms with van der Waals surface area (Å²) in [7, 11) is 0. The van der Waals surface area contributed by atoms with Gasteiger partial charge in [-0.25, -0.2) is 0 Å². The van der Waals surface area contributed by atoms with Crippen molar-refractivity contribution in [2.75, 3.05) is 5.73 Å². The molecule has 0 radical (unpaired) electrons. The van der Waals surface area contributed by atoms with Gasteiger partial charge in [0.15, 0.2) is 0 Å². The van der Waals surface area contributed by atoms with Gasteiger partial charge < -0.3 is 10.5 Å². The molecule has 0 aliphatic carbocycles. The lowest BCUT2D eigenvalue weighted by Crippen LogP contribution is -2.03. The molecular formula is C11H15NO. The molecule has 0 saturated heterocycles. The predicted octanol–water partition coefficient (Wildman–Crippen LogP) is 2.13. The van der Waals surface area contributed by atoms with E-state index in [1.54, 1.807) is 0 Å². The maximum Gasteiger partial charge on any atom is 0.127 e. The van der Waals surface area contributed by atoms with Crippen LogP contribution in [-0.4, -0.2) is 6.29 Å². The standard InChI is InChI=1S/C11H15NO/c1-3-9-10(8(2)7-13)5-4-6-11(9)12/h4-8H,3,12H2,1-2H3. The molecule has 0 saturated carbocycles. The average molecular weight is 177 g/mol. The zero-order valence-corrected chi connectivity index (χ0v) is 8.08. The summed E-state index contributed by atoms with van der Waals surface area (Å²) < 4.78 is 0. The van der Waals surface area contributed by atoms with E-state index in [0.29, 0.717) is 0 Å². The third-order valence-electron chi connectivity index (χ3n) is 2.30. The molecule has 1 aromatic rings. The first-order valence-electron chi connectivity index (χ1n) is 4.53. The molecule has 1 aromatic carbocycles. The van der Waals surface area contributed by atoms with Gasteiger partial charge in [-0.3, -0.25) is 0 Å². The van der Waals surface area contributed by atoms with E-state index >= 15 is 0 Å². The van der Waals surface area contributed by atoms with E-state index in [1.807, 2.05) is 32.0 Å². The molecule has 0 bridgehead atoms. The number of hydrogen-bond acceptors (Lipinski definition) is 2. The van der Waals surface area contributed by atoms with Crippen molar-refractivity contribution in [3.63, 3.8) is 0 Å². The van der Waals surface area contributed by atoms with Crippen LogP contribution >= 0.6 is 0 Å². The first-order valence-corrected chi connectivity index (χ1v) is 4.53. The van der Waals surface area contributed by atoms with Gasteiger partial charge in [0, 0.05) is 11.6 Å². The van der Waals surface area contributed by atoms with Crippen molar-refractivity contribution in [1.82, 2.24) is 0 Å². The van der Waals surface area contributed by atoms with Crippen molar-refractivity contribution < 1.29 is 4.79 Å². The van der Waals surface area contributed by atoms with Crippen molar-refractivity contribution in [2.45, 2.75) is 26.2 Å². The van der Waals surface area contributed by atoms with Gasteiger partial charge in [0.2, 0.25) is 0 Å². The van der Waals surface area contributed by atoms with E-state index in [1.165, 1.54) is 0 Å². The average Bonchev–Trinajstić information content (AvgIpc) is 2.16. The zero-order valence-electron chi connectivity index (χ0n) is 8.08. The van der Waals surface area contributed by atoms with Crippen LogP contribution in [0.5, 0.6) is 0 Å². The maximum atomic E-state index is 10.6. The third-order valence-corrected chi connectivity index (χ3v) is 2.30. The van der Waals surface area contributed by atoms with Crippen molar-refractivity contribution in [3.05, 3.63) is 29.3 Å². The Morgan fingerprint density at radius 3 is 2.77 bits per heavy atom. The van der Waals surface area contributed by atoms with E-state index in [-0.39, 0.29) is 5.92 Å². The zero-order chi connectivity index (χ0) is 9.84. The van der Waals surface area contributed by atoms with Crippen LogP contribution in [0.15, 0.2) is 18.2 Å². The molecular weight excluding hydrogens is 162 g/mol. The Labute approximate surface area is 78.8 Å². The lowest BCUT2D eigenvalue weighted by atomic mass is 9.94. The number of carbonyl (C=O) groups excluding carboxylic acids is 1. The van der Waals surface area contributed by atoms with E-state index < -0.39 is 0 Å². The summed E-state index contributed by atoms with van der Waals surface area (Å²) in [5.74, 6) is -0.0570. The molecule has 13 heavy (non-hydrogen) atoms. The minimum Gasteiger partial charge on any atom is -0.398 e. The summed E-state index contributed by atoms with van der Waals surface area (Å²) in [5, 5.41) is 0. The normalized spacial score (nSPS) is 12.5. The van der Waals surface area contributed by atoms with Crippen molar-refractivity contribution in [2.24, 2.45) is 0 Å². The largest absolute Gasteiger partial charge is 0.398 e. The summed E-state index contributed by atoms with van der Waals surface area (Å²) in [6, 6.07) is 5.73. The number of anilines is 1. The van der Waals surface area contributed by atoms with Crippen LogP contribution in [0.3, 0.4) is 0 Å². The van der Waals surface area contributed by atoms with Crippen molar-refractivity contribution >= 4 is 12.0 Å². The van der Waals surface area contributed by atoms with Gasteiger partial charge in [-0.2, -0.15) is 0 Å². The van der Waals surface area contributed by atoms with Crippen LogP contribution in [0.1, 0.15) is 30.9 Å². The molecule has 1 rings (SSSR count). The third kappa shape index (κ3) is 1.89. The maximum absolute atomic E-state index is 10.6. The quantitative estimate of drug-likeness (QED) is 0.567. The van der Waals surface area contributed by atoms with E-state index in [2.05, 4.69) is 0 Å². The van der Waals surface area contributed by atoms with Crippen LogP contribution < -0.4 is 5.73 Å². The van der Waals surface area contributed by atoms with E-state index in [0.717, 1.165) is 29.5 Å². The lowest BCUT2D eigenvalue weighted by Gasteiger charge is -2.12. The fourth-order valence-corrected chi connectivity index (χ4v) is 1.53. The topological polar surface area (TPSA) is 43.1 Å². The van der Waals surface area contributed by atoms with E-state index in [9.17, 15) is 4.79 Å². The molecule has 1 atom stereocenters. The second-order valence-electron chi connectivity index (χ2n) is 3.19. The van der Waals surface area contributed by atoms with Gasteiger partial charge in [0.25, 0.3) is 0 Å². The molecule has 0 aliphatic rings. The predicted molar refractivity (Wildman–Crippen MR) is 54.7 cm³/mol. The molecule has 1 unspecified atom stereocenters. The molecule has 0 amide bonds. The summed E-state index contributed by atoms with van der Waals surface area (Å²) in [5.41, 5.74) is 8.75. The summed E-state index contributed by atoms with van der Waals surface area (Å²) in [6.07, 6.45) is 1.83. The Balaban J connectivity index is 3.19.